The van der Waals surface area contributed by atoms with E-state index < -0.39 is 6.04 Å². The molecule has 3 aromatic carbocycles. The van der Waals surface area contributed by atoms with Crippen molar-refractivity contribution in [2.24, 2.45) is 0 Å². The molecule has 5 nitrogen and oxygen atoms in total. The molecule has 200 valence electrons. The highest BCUT2D eigenvalue weighted by Crippen LogP contribution is 2.28. The van der Waals surface area contributed by atoms with Crippen LogP contribution in [0.25, 0.3) is 0 Å². The topological polar surface area (TPSA) is 58.6 Å². The maximum Gasteiger partial charge on any atom is 0.261 e. The van der Waals surface area contributed by atoms with Gasteiger partial charge in [-0.25, -0.2) is 0 Å². The minimum Gasteiger partial charge on any atom is -0.484 e. The molecule has 2 amide bonds. The van der Waals surface area contributed by atoms with Crippen molar-refractivity contribution in [3.63, 3.8) is 0 Å². The van der Waals surface area contributed by atoms with Gasteiger partial charge in [0.05, 0.1) is 0 Å². The molecule has 0 saturated heterocycles. The molecule has 0 aliphatic heterocycles. The van der Waals surface area contributed by atoms with Crippen molar-refractivity contribution >= 4 is 50.9 Å². The first kappa shape index (κ1) is 28.5. The van der Waals surface area contributed by atoms with Crippen molar-refractivity contribution in [2.45, 2.75) is 57.7 Å². The van der Waals surface area contributed by atoms with Crippen LogP contribution in [0.4, 0.5) is 0 Å². The van der Waals surface area contributed by atoms with Crippen molar-refractivity contribution in [1.82, 2.24) is 10.2 Å². The summed E-state index contributed by atoms with van der Waals surface area (Å²) in [7, 11) is 0. The fourth-order valence-corrected chi connectivity index (χ4v) is 5.47. The molecular weight excluding hydrogens is 587 g/mol. The number of hydrogen-bond acceptors (Lipinski definition) is 3. The van der Waals surface area contributed by atoms with Gasteiger partial charge in [-0.05, 0) is 61.2 Å². The number of amides is 2. The third-order valence-corrected chi connectivity index (χ3v) is 8.45. The summed E-state index contributed by atoms with van der Waals surface area (Å²) in [4.78, 5) is 29.1. The van der Waals surface area contributed by atoms with Crippen molar-refractivity contribution in [3.8, 4) is 5.75 Å². The maximum atomic E-state index is 13.8. The third kappa shape index (κ3) is 7.52. The summed E-state index contributed by atoms with van der Waals surface area (Å²) in [6, 6.07) is 19.8. The minimum absolute atomic E-state index is 0.0790. The van der Waals surface area contributed by atoms with Crippen molar-refractivity contribution < 1.29 is 14.3 Å². The van der Waals surface area contributed by atoms with Gasteiger partial charge in [-0.1, -0.05) is 88.4 Å². The Hall–Kier alpha value is -2.54. The number of carbonyl (C=O) groups is 2. The number of rotatable bonds is 10. The van der Waals surface area contributed by atoms with Crippen LogP contribution in [0.1, 0.15) is 42.4 Å². The van der Waals surface area contributed by atoms with Crippen LogP contribution >= 0.6 is 39.1 Å². The standard InChI is InChI=1S/C30H31BrCl2N2O3/c1-20-16-23(14-15-25(20)31)38-19-29(36)35(18-24-26(32)12-7-13-27(24)33)28(17-21-8-3-2-4-9-21)30(37)34-22-10-5-6-11-22/h2-4,7-9,12-16,22,28H,5-6,10-11,17-19H2,1H3,(H,34,37). The molecule has 0 aromatic heterocycles. The van der Waals surface area contributed by atoms with E-state index in [1.54, 1.807) is 29.2 Å². The number of nitrogens with one attached hydrogen (secondary N) is 1. The van der Waals surface area contributed by atoms with E-state index >= 15 is 0 Å². The number of carbonyl (C=O) groups excluding carboxylic acids is 2. The van der Waals surface area contributed by atoms with Crippen LogP contribution in [0.2, 0.25) is 10.0 Å². The number of halogens is 3. The molecule has 38 heavy (non-hydrogen) atoms. The molecule has 1 aliphatic rings. The number of hydrogen-bond donors (Lipinski definition) is 1. The molecule has 0 spiro atoms. The van der Waals surface area contributed by atoms with Crippen LogP contribution in [0.3, 0.4) is 0 Å². The lowest BCUT2D eigenvalue weighted by atomic mass is 10.0. The Bertz CT molecular complexity index is 1250. The Balaban J connectivity index is 1.65. The summed E-state index contributed by atoms with van der Waals surface area (Å²) in [6.45, 7) is 1.80. The van der Waals surface area contributed by atoms with E-state index in [0.29, 0.717) is 27.8 Å². The van der Waals surface area contributed by atoms with Crippen LogP contribution in [0.5, 0.6) is 5.75 Å². The fraction of sp³-hybridized carbons (Fsp3) is 0.333. The van der Waals surface area contributed by atoms with E-state index in [9.17, 15) is 9.59 Å². The second-order valence-corrected chi connectivity index (χ2v) is 11.3. The summed E-state index contributed by atoms with van der Waals surface area (Å²) in [6.07, 6.45) is 4.42. The molecule has 1 unspecified atom stereocenters. The Morgan fingerprint density at radius 3 is 2.37 bits per heavy atom. The average molecular weight is 618 g/mol. The lowest BCUT2D eigenvalue weighted by Gasteiger charge is -2.32. The van der Waals surface area contributed by atoms with Crippen LogP contribution < -0.4 is 10.1 Å². The number of ether oxygens (including phenoxy) is 1. The van der Waals surface area contributed by atoms with Gasteiger partial charge in [-0.2, -0.15) is 0 Å². The van der Waals surface area contributed by atoms with Crippen LogP contribution in [0, 0.1) is 6.92 Å². The highest BCUT2D eigenvalue weighted by atomic mass is 79.9. The zero-order chi connectivity index (χ0) is 27.1. The van der Waals surface area contributed by atoms with Crippen LogP contribution in [-0.4, -0.2) is 35.4 Å². The fourth-order valence-electron chi connectivity index (χ4n) is 4.71. The molecule has 0 bridgehead atoms. The van der Waals surface area contributed by atoms with E-state index in [4.69, 9.17) is 27.9 Å². The largest absolute Gasteiger partial charge is 0.484 e. The molecule has 0 heterocycles. The van der Waals surface area contributed by atoms with E-state index in [0.717, 1.165) is 41.3 Å². The Morgan fingerprint density at radius 1 is 1.03 bits per heavy atom. The second-order valence-electron chi connectivity index (χ2n) is 9.62. The molecule has 4 rings (SSSR count). The quantitative estimate of drug-likeness (QED) is 0.263. The average Bonchev–Trinajstić information content (AvgIpc) is 3.41. The van der Waals surface area contributed by atoms with E-state index in [1.165, 1.54) is 0 Å². The van der Waals surface area contributed by atoms with Gasteiger partial charge in [0.15, 0.2) is 6.61 Å². The van der Waals surface area contributed by atoms with Crippen molar-refractivity contribution in [1.29, 1.82) is 0 Å². The maximum absolute atomic E-state index is 13.8. The third-order valence-electron chi connectivity index (χ3n) is 6.85. The van der Waals surface area contributed by atoms with E-state index in [-0.39, 0.29) is 31.0 Å². The molecule has 3 aromatic rings. The molecule has 1 fully saturated rings. The molecule has 8 heteroatoms. The van der Waals surface area contributed by atoms with Crippen molar-refractivity contribution in [3.05, 3.63) is 97.9 Å². The SMILES string of the molecule is Cc1cc(OCC(=O)N(Cc2c(Cl)cccc2Cl)C(Cc2ccccc2)C(=O)NC2CCCC2)ccc1Br. The van der Waals surface area contributed by atoms with Gasteiger partial charge in [0.2, 0.25) is 5.91 Å². The Kier molecular flexibility index (Phi) is 10.1. The molecule has 1 saturated carbocycles. The van der Waals surface area contributed by atoms with Gasteiger partial charge in [-0.3, -0.25) is 9.59 Å². The predicted octanol–water partition coefficient (Wildman–Crippen LogP) is 7.14. The number of benzene rings is 3. The highest BCUT2D eigenvalue weighted by molar-refractivity contribution is 9.10. The molecule has 0 radical (unpaired) electrons. The summed E-state index contributed by atoms with van der Waals surface area (Å²) in [5.41, 5.74) is 2.54. The zero-order valence-corrected chi connectivity index (χ0v) is 24.4. The number of nitrogens with zero attached hydrogens (tertiary/aromatic N) is 1. The van der Waals surface area contributed by atoms with Gasteiger partial charge in [0.1, 0.15) is 11.8 Å². The monoisotopic (exact) mass is 616 g/mol. The first-order chi connectivity index (χ1) is 18.3. The van der Waals surface area contributed by atoms with Gasteiger partial charge < -0.3 is 15.0 Å². The first-order valence-corrected chi connectivity index (χ1v) is 14.3. The summed E-state index contributed by atoms with van der Waals surface area (Å²) < 4.78 is 6.84. The molecule has 1 aliphatic carbocycles. The minimum atomic E-state index is -0.770. The molecule has 1 atom stereocenters. The zero-order valence-electron chi connectivity index (χ0n) is 21.3. The molecular formula is C30H31BrCl2N2O3. The van der Waals surface area contributed by atoms with Crippen LogP contribution in [0.15, 0.2) is 71.2 Å². The smallest absolute Gasteiger partial charge is 0.261 e. The Morgan fingerprint density at radius 2 is 1.71 bits per heavy atom. The molecule has 1 N–H and O–H groups in total. The van der Waals surface area contributed by atoms with E-state index in [1.807, 2.05) is 49.4 Å². The van der Waals surface area contributed by atoms with Crippen molar-refractivity contribution in [2.75, 3.05) is 6.61 Å². The Labute approximate surface area is 242 Å². The van der Waals surface area contributed by atoms with Gasteiger partial charge in [-0.15, -0.1) is 0 Å². The lowest BCUT2D eigenvalue weighted by Crippen LogP contribution is -2.53. The predicted molar refractivity (Wildman–Crippen MR) is 156 cm³/mol. The second kappa shape index (κ2) is 13.5. The van der Waals surface area contributed by atoms with E-state index in [2.05, 4.69) is 21.2 Å². The van der Waals surface area contributed by atoms with Gasteiger partial charge in [0, 0.05) is 39.1 Å². The van der Waals surface area contributed by atoms with Gasteiger partial charge >= 0.3 is 0 Å². The summed E-state index contributed by atoms with van der Waals surface area (Å²) in [5.74, 6) is 0.0608. The first-order valence-electron chi connectivity index (χ1n) is 12.8. The van der Waals surface area contributed by atoms with Gasteiger partial charge in [0.25, 0.3) is 5.91 Å². The summed E-state index contributed by atoms with van der Waals surface area (Å²) in [5, 5.41) is 4.07. The highest BCUT2D eigenvalue weighted by Gasteiger charge is 2.33. The lowest BCUT2D eigenvalue weighted by molar-refractivity contribution is -0.143. The summed E-state index contributed by atoms with van der Waals surface area (Å²) >= 11 is 16.5. The normalized spacial score (nSPS) is 14.2. The van der Waals surface area contributed by atoms with Crippen LogP contribution in [-0.2, 0) is 22.6 Å². The number of aryl methyl sites for hydroxylation is 1.